The van der Waals surface area contributed by atoms with E-state index >= 15 is 0 Å². The van der Waals surface area contributed by atoms with Gasteiger partial charge in [0, 0.05) is 26.3 Å². The molecule has 0 aromatic carbocycles. The fraction of sp³-hybridized carbons (Fsp3) is 0.917. The predicted octanol–water partition coefficient (Wildman–Crippen LogP) is 0.642. The maximum absolute atomic E-state index is 12.2. The molecule has 0 radical (unpaired) electrons. The minimum absolute atomic E-state index is 0.0628. The summed E-state index contributed by atoms with van der Waals surface area (Å²) in [6.07, 6.45) is 2.79. The van der Waals surface area contributed by atoms with Crippen LogP contribution in [0, 0.1) is 11.8 Å². The average molecular weight is 227 g/mol. The molecule has 2 saturated heterocycles. The van der Waals surface area contributed by atoms with Crippen molar-refractivity contribution in [2.75, 3.05) is 26.3 Å². The molecule has 0 spiro atoms. The first-order valence-corrected chi connectivity index (χ1v) is 6.23. The average Bonchev–Trinajstić information content (AvgIpc) is 2.87. The largest absolute Gasteiger partial charge is 0.396 e. The summed E-state index contributed by atoms with van der Waals surface area (Å²) in [5.41, 5.74) is 0. The number of hydrogen-bond donors (Lipinski definition) is 1. The van der Waals surface area contributed by atoms with Crippen LogP contribution >= 0.6 is 0 Å². The SMILES string of the molecule is CC1OCCC1C(=O)N1CCC(CCO)C1. The normalized spacial score (nSPS) is 34.6. The van der Waals surface area contributed by atoms with Gasteiger partial charge < -0.3 is 14.7 Å². The summed E-state index contributed by atoms with van der Waals surface area (Å²) in [6.45, 7) is 4.60. The van der Waals surface area contributed by atoms with Gasteiger partial charge in [0.05, 0.1) is 12.0 Å². The van der Waals surface area contributed by atoms with Gasteiger partial charge in [0.25, 0.3) is 0 Å². The molecule has 1 amide bonds. The summed E-state index contributed by atoms with van der Waals surface area (Å²) in [5.74, 6) is 0.810. The summed E-state index contributed by atoms with van der Waals surface area (Å²) in [7, 11) is 0. The zero-order chi connectivity index (χ0) is 11.5. The molecule has 0 aromatic rings. The minimum Gasteiger partial charge on any atom is -0.396 e. The number of amides is 1. The Morgan fingerprint density at radius 2 is 2.31 bits per heavy atom. The first-order valence-electron chi connectivity index (χ1n) is 6.23. The number of carbonyl (C=O) groups is 1. The van der Waals surface area contributed by atoms with Crippen molar-refractivity contribution in [3.05, 3.63) is 0 Å². The molecule has 3 atom stereocenters. The van der Waals surface area contributed by atoms with Crippen molar-refractivity contribution >= 4 is 5.91 Å². The maximum Gasteiger partial charge on any atom is 0.228 e. The monoisotopic (exact) mass is 227 g/mol. The van der Waals surface area contributed by atoms with E-state index in [1.54, 1.807) is 0 Å². The summed E-state index contributed by atoms with van der Waals surface area (Å²) in [5, 5.41) is 8.88. The van der Waals surface area contributed by atoms with Crippen LogP contribution in [0.25, 0.3) is 0 Å². The number of aliphatic hydroxyl groups is 1. The van der Waals surface area contributed by atoms with Gasteiger partial charge in [-0.1, -0.05) is 0 Å². The molecule has 0 aromatic heterocycles. The zero-order valence-electron chi connectivity index (χ0n) is 9.89. The summed E-state index contributed by atoms with van der Waals surface area (Å²) in [6, 6.07) is 0. The van der Waals surface area contributed by atoms with E-state index in [4.69, 9.17) is 9.84 Å². The first kappa shape index (κ1) is 11.9. The van der Waals surface area contributed by atoms with Crippen LogP contribution in [0.3, 0.4) is 0 Å². The van der Waals surface area contributed by atoms with Crippen molar-refractivity contribution in [1.29, 1.82) is 0 Å². The Labute approximate surface area is 96.6 Å². The van der Waals surface area contributed by atoms with Gasteiger partial charge in [-0.3, -0.25) is 4.79 Å². The summed E-state index contributed by atoms with van der Waals surface area (Å²) >= 11 is 0. The van der Waals surface area contributed by atoms with Crippen LogP contribution in [-0.4, -0.2) is 48.3 Å². The van der Waals surface area contributed by atoms with Gasteiger partial charge in [0.1, 0.15) is 0 Å². The van der Waals surface area contributed by atoms with Crippen molar-refractivity contribution < 1.29 is 14.6 Å². The molecule has 92 valence electrons. The van der Waals surface area contributed by atoms with E-state index in [2.05, 4.69) is 0 Å². The second kappa shape index (κ2) is 5.15. The molecule has 4 nitrogen and oxygen atoms in total. The Kier molecular flexibility index (Phi) is 3.82. The Morgan fingerprint density at radius 3 is 2.94 bits per heavy atom. The highest BCUT2D eigenvalue weighted by molar-refractivity contribution is 5.80. The topological polar surface area (TPSA) is 49.8 Å². The van der Waals surface area contributed by atoms with E-state index < -0.39 is 0 Å². The van der Waals surface area contributed by atoms with E-state index in [0.29, 0.717) is 12.5 Å². The lowest BCUT2D eigenvalue weighted by Gasteiger charge is -2.22. The van der Waals surface area contributed by atoms with Gasteiger partial charge in [-0.15, -0.1) is 0 Å². The molecule has 2 aliphatic heterocycles. The smallest absolute Gasteiger partial charge is 0.228 e. The van der Waals surface area contributed by atoms with Gasteiger partial charge in [-0.25, -0.2) is 0 Å². The fourth-order valence-electron chi connectivity index (χ4n) is 2.74. The van der Waals surface area contributed by atoms with Crippen molar-refractivity contribution in [3.63, 3.8) is 0 Å². The standard InChI is InChI=1S/C12H21NO3/c1-9-11(4-7-16-9)12(15)13-5-2-10(8-13)3-6-14/h9-11,14H,2-8H2,1H3. The van der Waals surface area contributed by atoms with Crippen LogP contribution in [-0.2, 0) is 9.53 Å². The highest BCUT2D eigenvalue weighted by atomic mass is 16.5. The van der Waals surface area contributed by atoms with Crippen molar-refractivity contribution in [2.45, 2.75) is 32.3 Å². The number of hydrogen-bond acceptors (Lipinski definition) is 3. The summed E-state index contributed by atoms with van der Waals surface area (Å²) < 4.78 is 5.43. The minimum atomic E-state index is 0.0628. The van der Waals surface area contributed by atoms with Crippen molar-refractivity contribution in [2.24, 2.45) is 11.8 Å². The molecule has 2 aliphatic rings. The fourth-order valence-corrected chi connectivity index (χ4v) is 2.74. The van der Waals surface area contributed by atoms with Gasteiger partial charge in [0.2, 0.25) is 5.91 Å². The molecular formula is C12H21NO3. The Bertz CT molecular complexity index is 257. The lowest BCUT2D eigenvalue weighted by molar-refractivity contribution is -0.136. The molecular weight excluding hydrogens is 206 g/mol. The second-order valence-corrected chi connectivity index (χ2v) is 4.92. The lowest BCUT2D eigenvalue weighted by atomic mass is 10.0. The number of ether oxygens (including phenoxy) is 1. The van der Waals surface area contributed by atoms with Crippen LogP contribution in [0.15, 0.2) is 0 Å². The Hall–Kier alpha value is -0.610. The van der Waals surface area contributed by atoms with Gasteiger partial charge in [-0.05, 0) is 32.1 Å². The van der Waals surface area contributed by atoms with Gasteiger partial charge in [0.15, 0.2) is 0 Å². The van der Waals surface area contributed by atoms with Crippen LogP contribution in [0.4, 0.5) is 0 Å². The molecule has 16 heavy (non-hydrogen) atoms. The number of rotatable bonds is 3. The van der Waals surface area contributed by atoms with E-state index in [-0.39, 0.29) is 24.5 Å². The number of nitrogens with zero attached hydrogens (tertiary/aromatic N) is 1. The van der Waals surface area contributed by atoms with E-state index in [1.807, 2.05) is 11.8 Å². The molecule has 2 heterocycles. The summed E-state index contributed by atoms with van der Waals surface area (Å²) in [4.78, 5) is 14.1. The highest BCUT2D eigenvalue weighted by Gasteiger charge is 2.36. The number of carbonyl (C=O) groups excluding carboxylic acids is 1. The predicted molar refractivity (Wildman–Crippen MR) is 59.9 cm³/mol. The van der Waals surface area contributed by atoms with Crippen LogP contribution in [0.2, 0.25) is 0 Å². The Balaban J connectivity index is 1.86. The second-order valence-electron chi connectivity index (χ2n) is 4.92. The number of aliphatic hydroxyl groups excluding tert-OH is 1. The molecule has 3 unspecified atom stereocenters. The van der Waals surface area contributed by atoms with E-state index in [1.165, 1.54) is 0 Å². The molecule has 2 rings (SSSR count). The highest BCUT2D eigenvalue weighted by Crippen LogP contribution is 2.26. The molecule has 1 N–H and O–H groups in total. The van der Waals surface area contributed by atoms with Crippen LogP contribution in [0.5, 0.6) is 0 Å². The first-order chi connectivity index (χ1) is 7.72. The van der Waals surface area contributed by atoms with Crippen molar-refractivity contribution in [1.82, 2.24) is 4.90 Å². The third-order valence-corrected chi connectivity index (χ3v) is 3.83. The molecule has 4 heteroatoms. The van der Waals surface area contributed by atoms with E-state index in [9.17, 15) is 4.79 Å². The molecule has 0 saturated carbocycles. The zero-order valence-corrected chi connectivity index (χ0v) is 9.89. The third-order valence-electron chi connectivity index (χ3n) is 3.83. The number of likely N-dealkylation sites (tertiary alicyclic amines) is 1. The third kappa shape index (κ3) is 2.38. The molecule has 0 bridgehead atoms. The van der Waals surface area contributed by atoms with Crippen LogP contribution in [0.1, 0.15) is 26.2 Å². The maximum atomic E-state index is 12.2. The van der Waals surface area contributed by atoms with Crippen molar-refractivity contribution in [3.8, 4) is 0 Å². The quantitative estimate of drug-likeness (QED) is 0.770. The van der Waals surface area contributed by atoms with Gasteiger partial charge in [-0.2, -0.15) is 0 Å². The molecule has 2 fully saturated rings. The van der Waals surface area contributed by atoms with E-state index in [0.717, 1.165) is 32.4 Å². The Morgan fingerprint density at radius 1 is 1.50 bits per heavy atom. The van der Waals surface area contributed by atoms with Gasteiger partial charge >= 0.3 is 0 Å². The lowest BCUT2D eigenvalue weighted by Crippen LogP contribution is -2.37. The van der Waals surface area contributed by atoms with Crippen LogP contribution < -0.4 is 0 Å². The molecule has 0 aliphatic carbocycles.